The monoisotopic (exact) mass is 395 g/mol. The van der Waals surface area contributed by atoms with E-state index in [4.69, 9.17) is 4.74 Å². The Balaban J connectivity index is 2.07. The van der Waals surface area contributed by atoms with Crippen LogP contribution in [0.3, 0.4) is 0 Å². The van der Waals surface area contributed by atoms with Crippen molar-refractivity contribution in [3.05, 3.63) is 62.4 Å². The number of amidine groups is 1. The molecule has 2 aromatic rings. The highest BCUT2D eigenvalue weighted by atomic mass is 79.9. The lowest BCUT2D eigenvalue weighted by Gasteiger charge is -2.22. The maximum Gasteiger partial charge on any atom is 0.337 e. The molecule has 0 spiro atoms. The van der Waals surface area contributed by atoms with Gasteiger partial charge in [-0.15, -0.1) is 11.3 Å². The van der Waals surface area contributed by atoms with Crippen molar-refractivity contribution in [2.75, 3.05) is 7.11 Å². The van der Waals surface area contributed by atoms with E-state index in [1.165, 1.54) is 30.6 Å². The lowest BCUT2D eigenvalue weighted by molar-refractivity contribution is -0.136. The maximum atomic E-state index is 13.3. The molecule has 0 bridgehead atoms. The minimum atomic E-state index is -0.613. The standard InChI is InChI=1S/C15H11BrFN3O2S/c1-22-15(21)10-7-19-13(14-18-4-5-23-14)20-12(10)9-3-2-8(17)6-11(9)16/h2-7,12H,1H3,(H,19,20)/t12-/m0/s1. The summed E-state index contributed by atoms with van der Waals surface area (Å²) in [5, 5.41) is 5.50. The molecule has 0 unspecified atom stereocenters. The molecule has 0 amide bonds. The summed E-state index contributed by atoms with van der Waals surface area (Å²) in [5.74, 6) is -0.322. The first kappa shape index (κ1) is 15.8. The van der Waals surface area contributed by atoms with Crippen LogP contribution in [0, 0.1) is 5.82 Å². The van der Waals surface area contributed by atoms with Gasteiger partial charge in [-0.1, -0.05) is 22.0 Å². The van der Waals surface area contributed by atoms with Gasteiger partial charge in [-0.25, -0.2) is 14.2 Å². The predicted octanol–water partition coefficient (Wildman–Crippen LogP) is 3.19. The molecular weight excluding hydrogens is 385 g/mol. The molecule has 2 heterocycles. The molecule has 0 saturated heterocycles. The number of methoxy groups -OCH3 is 1. The quantitative estimate of drug-likeness (QED) is 0.810. The van der Waals surface area contributed by atoms with E-state index >= 15 is 0 Å². The molecule has 3 rings (SSSR count). The number of nitrogens with zero attached hydrogens (tertiary/aromatic N) is 2. The van der Waals surface area contributed by atoms with Crippen LogP contribution in [0.15, 0.2) is 51.0 Å². The lowest BCUT2D eigenvalue weighted by Crippen LogP contribution is -2.28. The Morgan fingerprint density at radius 1 is 1.48 bits per heavy atom. The number of benzene rings is 1. The molecule has 118 valence electrons. The van der Waals surface area contributed by atoms with E-state index in [1.54, 1.807) is 18.5 Å². The van der Waals surface area contributed by atoms with Crippen LogP contribution >= 0.6 is 27.3 Å². The highest BCUT2D eigenvalue weighted by Crippen LogP contribution is 2.34. The van der Waals surface area contributed by atoms with Crippen LogP contribution in [-0.2, 0) is 9.53 Å². The van der Waals surface area contributed by atoms with Gasteiger partial charge in [0.05, 0.1) is 12.7 Å². The molecular formula is C15H11BrFN3O2S. The second-order valence-corrected chi connectivity index (χ2v) is 6.37. The number of esters is 1. The summed E-state index contributed by atoms with van der Waals surface area (Å²) in [7, 11) is 1.31. The Morgan fingerprint density at radius 3 is 2.96 bits per heavy atom. The molecule has 1 aromatic heterocycles. The lowest BCUT2D eigenvalue weighted by atomic mass is 9.98. The fourth-order valence-electron chi connectivity index (χ4n) is 2.17. The van der Waals surface area contributed by atoms with Crippen LogP contribution in [0.5, 0.6) is 0 Å². The number of aliphatic imine (C=N–C) groups is 1. The van der Waals surface area contributed by atoms with Crippen LogP contribution in [-0.4, -0.2) is 23.9 Å². The molecule has 8 heteroatoms. The summed E-state index contributed by atoms with van der Waals surface area (Å²) in [6.45, 7) is 0. The van der Waals surface area contributed by atoms with E-state index in [0.29, 0.717) is 26.5 Å². The number of halogens is 2. The molecule has 0 radical (unpaired) electrons. The normalized spacial score (nSPS) is 17.1. The van der Waals surface area contributed by atoms with Crippen molar-refractivity contribution in [2.24, 2.45) is 4.99 Å². The zero-order valence-electron chi connectivity index (χ0n) is 11.9. The molecule has 1 aromatic carbocycles. The van der Waals surface area contributed by atoms with Gasteiger partial charge in [0.15, 0.2) is 10.8 Å². The van der Waals surface area contributed by atoms with Crippen LogP contribution in [0.2, 0.25) is 0 Å². The van der Waals surface area contributed by atoms with Gasteiger partial charge >= 0.3 is 5.97 Å². The first-order valence-corrected chi connectivity index (χ1v) is 8.25. The molecule has 5 nitrogen and oxygen atoms in total. The SMILES string of the molecule is COC(=O)C1=CNC(c2nccs2)=N[C@H]1c1ccc(F)cc1Br. The maximum absolute atomic E-state index is 13.3. The third kappa shape index (κ3) is 3.18. The Morgan fingerprint density at radius 2 is 2.30 bits per heavy atom. The third-order valence-electron chi connectivity index (χ3n) is 3.23. The average Bonchev–Trinajstić information content (AvgIpc) is 3.08. The van der Waals surface area contributed by atoms with Crippen molar-refractivity contribution in [2.45, 2.75) is 6.04 Å². The van der Waals surface area contributed by atoms with Crippen molar-refractivity contribution < 1.29 is 13.9 Å². The minimum Gasteiger partial charge on any atom is -0.466 e. The van der Waals surface area contributed by atoms with Crippen LogP contribution in [0.25, 0.3) is 0 Å². The molecule has 0 fully saturated rings. The number of rotatable bonds is 3. The highest BCUT2D eigenvalue weighted by molar-refractivity contribution is 9.10. The molecule has 23 heavy (non-hydrogen) atoms. The van der Waals surface area contributed by atoms with E-state index in [0.717, 1.165) is 0 Å². The largest absolute Gasteiger partial charge is 0.466 e. The van der Waals surface area contributed by atoms with Gasteiger partial charge in [0, 0.05) is 22.2 Å². The topological polar surface area (TPSA) is 63.6 Å². The van der Waals surface area contributed by atoms with E-state index in [2.05, 4.69) is 31.2 Å². The number of nitrogens with one attached hydrogen (secondary N) is 1. The smallest absolute Gasteiger partial charge is 0.337 e. The van der Waals surface area contributed by atoms with E-state index in [1.807, 2.05) is 5.38 Å². The van der Waals surface area contributed by atoms with Gasteiger partial charge in [0.25, 0.3) is 0 Å². The second kappa shape index (κ2) is 6.59. The number of hydrogen-bond acceptors (Lipinski definition) is 6. The summed E-state index contributed by atoms with van der Waals surface area (Å²) in [6.07, 6.45) is 3.22. The van der Waals surface area contributed by atoms with Gasteiger partial charge in [-0.3, -0.25) is 4.99 Å². The summed E-state index contributed by atoms with van der Waals surface area (Å²) < 4.78 is 18.7. The number of hydrogen-bond donors (Lipinski definition) is 1. The molecule has 1 aliphatic rings. The second-order valence-electron chi connectivity index (χ2n) is 4.62. The van der Waals surface area contributed by atoms with Crippen molar-refractivity contribution >= 4 is 39.1 Å². The molecule has 0 aliphatic carbocycles. The average molecular weight is 396 g/mol. The summed E-state index contributed by atoms with van der Waals surface area (Å²) in [4.78, 5) is 20.8. The van der Waals surface area contributed by atoms with E-state index < -0.39 is 12.0 Å². The fraction of sp³-hybridized carbons (Fsp3) is 0.133. The number of aromatic nitrogens is 1. The zero-order valence-corrected chi connectivity index (χ0v) is 14.3. The fourth-order valence-corrected chi connectivity index (χ4v) is 3.33. The molecule has 1 N–H and O–H groups in total. The van der Waals surface area contributed by atoms with Gasteiger partial charge in [0.1, 0.15) is 11.9 Å². The minimum absolute atomic E-state index is 0.333. The Labute approximate surface area is 144 Å². The highest BCUT2D eigenvalue weighted by Gasteiger charge is 2.29. The Bertz CT molecular complexity index is 805. The van der Waals surface area contributed by atoms with Crippen molar-refractivity contribution in [1.82, 2.24) is 10.3 Å². The van der Waals surface area contributed by atoms with Crippen molar-refractivity contribution in [3.8, 4) is 0 Å². The molecule has 1 atom stereocenters. The van der Waals surface area contributed by atoms with Gasteiger partial charge in [-0.2, -0.15) is 0 Å². The van der Waals surface area contributed by atoms with Gasteiger partial charge in [-0.05, 0) is 17.7 Å². The summed E-state index contributed by atoms with van der Waals surface area (Å²) in [5.41, 5.74) is 0.999. The Hall–Kier alpha value is -2.06. The number of carbonyl (C=O) groups excluding carboxylic acids is 1. The summed E-state index contributed by atoms with van der Waals surface area (Å²) >= 11 is 4.75. The van der Waals surface area contributed by atoms with Crippen LogP contribution in [0.4, 0.5) is 4.39 Å². The van der Waals surface area contributed by atoms with E-state index in [-0.39, 0.29) is 5.82 Å². The number of thiazole rings is 1. The number of ether oxygens (including phenoxy) is 1. The first-order valence-electron chi connectivity index (χ1n) is 6.57. The van der Waals surface area contributed by atoms with E-state index in [9.17, 15) is 9.18 Å². The summed E-state index contributed by atoms with van der Waals surface area (Å²) in [6, 6.07) is 3.65. The van der Waals surface area contributed by atoms with Crippen LogP contribution in [0.1, 0.15) is 16.6 Å². The predicted molar refractivity (Wildman–Crippen MR) is 88.7 cm³/mol. The molecule has 0 saturated carbocycles. The first-order chi connectivity index (χ1) is 11.1. The zero-order chi connectivity index (χ0) is 16.4. The van der Waals surface area contributed by atoms with Gasteiger partial charge < -0.3 is 10.1 Å². The molecule has 1 aliphatic heterocycles. The third-order valence-corrected chi connectivity index (χ3v) is 4.70. The van der Waals surface area contributed by atoms with Crippen molar-refractivity contribution in [1.29, 1.82) is 0 Å². The Kier molecular flexibility index (Phi) is 4.53. The van der Waals surface area contributed by atoms with Gasteiger partial charge in [0.2, 0.25) is 0 Å². The van der Waals surface area contributed by atoms with Crippen molar-refractivity contribution in [3.63, 3.8) is 0 Å². The van der Waals surface area contributed by atoms with Crippen LogP contribution < -0.4 is 5.32 Å². The number of carbonyl (C=O) groups is 1.